The Labute approximate surface area is 168 Å². The Kier molecular flexibility index (Phi) is 9.03. The van der Waals surface area contributed by atoms with Crippen LogP contribution < -0.4 is 5.32 Å². The van der Waals surface area contributed by atoms with Crippen LogP contribution in [-0.2, 0) is 9.47 Å². The molecule has 1 N–H and O–H groups in total. The van der Waals surface area contributed by atoms with Crippen LogP contribution in [0.25, 0.3) is 0 Å². The van der Waals surface area contributed by atoms with Gasteiger partial charge >= 0.3 is 12.2 Å². The average molecular weight is 391 g/mol. The lowest BCUT2D eigenvalue weighted by atomic mass is 9.86. The molecule has 1 aliphatic heterocycles. The number of likely N-dealkylation sites (tertiary alicyclic amines) is 1. The normalized spacial score (nSPS) is 20.2. The molecule has 1 aliphatic rings. The third kappa shape index (κ3) is 8.46. The number of amides is 2. The molecule has 1 atom stereocenters. The smallest absolute Gasteiger partial charge is 0.410 e. The molecule has 1 heterocycles. The van der Waals surface area contributed by atoms with Crippen molar-refractivity contribution in [3.8, 4) is 0 Å². The quantitative estimate of drug-likeness (QED) is 0.503. The Balaban J connectivity index is 2.71. The van der Waals surface area contributed by atoms with Crippen molar-refractivity contribution in [2.45, 2.75) is 58.1 Å². The molecule has 1 fully saturated rings. The summed E-state index contributed by atoms with van der Waals surface area (Å²) in [5.74, 6) is 0. The molecule has 0 saturated carbocycles. The highest BCUT2D eigenvalue weighted by atomic mass is 16.6. The lowest BCUT2D eigenvalue weighted by Crippen LogP contribution is -2.60. The van der Waals surface area contributed by atoms with Gasteiger partial charge < -0.3 is 19.7 Å². The van der Waals surface area contributed by atoms with Crippen molar-refractivity contribution in [2.24, 2.45) is 0 Å². The molecular formula is C22H34N2O4. The van der Waals surface area contributed by atoms with Crippen LogP contribution in [0.15, 0.2) is 49.1 Å². The number of allylic oxidation sites excluding steroid dienone is 3. The minimum Gasteiger partial charge on any atom is -0.445 e. The predicted octanol–water partition coefficient (Wildman–Crippen LogP) is 4.75. The van der Waals surface area contributed by atoms with Gasteiger partial charge in [0.25, 0.3) is 0 Å². The molecule has 1 unspecified atom stereocenters. The highest BCUT2D eigenvalue weighted by Crippen LogP contribution is 2.26. The van der Waals surface area contributed by atoms with Gasteiger partial charge in [-0.05, 0) is 52.5 Å². The van der Waals surface area contributed by atoms with E-state index in [1.807, 2.05) is 45.9 Å². The molecule has 0 spiro atoms. The summed E-state index contributed by atoms with van der Waals surface area (Å²) < 4.78 is 10.8. The van der Waals surface area contributed by atoms with Crippen LogP contribution in [0.4, 0.5) is 9.59 Å². The number of nitrogens with one attached hydrogen (secondary N) is 1. The zero-order valence-electron chi connectivity index (χ0n) is 17.6. The van der Waals surface area contributed by atoms with Crippen molar-refractivity contribution >= 4 is 12.2 Å². The topological polar surface area (TPSA) is 67.9 Å². The average Bonchev–Trinajstić information content (AvgIpc) is 2.59. The second-order valence-electron chi connectivity index (χ2n) is 8.02. The summed E-state index contributed by atoms with van der Waals surface area (Å²) in [4.78, 5) is 26.4. The molecule has 1 rings (SSSR count). The molecule has 2 amide bonds. The zero-order chi connectivity index (χ0) is 21.2. The first-order chi connectivity index (χ1) is 13.1. The Hall–Kier alpha value is -2.50. The molecule has 6 nitrogen and oxygen atoms in total. The van der Waals surface area contributed by atoms with E-state index in [-0.39, 0.29) is 12.7 Å². The maximum atomic E-state index is 12.4. The minimum absolute atomic E-state index is 0.0971. The standard InChI is InChI=1S/C22H34N2O4/c1-7-9-10-12-18(3)16-27-19(25)23-22(13-8-2)14-11-15-24(17-22)20(26)28-21(4,5)6/h7-10,12H,2-3,11,13-17H2,1,4-6H3,(H,23,25)/b9-7-,12-10-. The van der Waals surface area contributed by atoms with Crippen LogP contribution in [-0.4, -0.2) is 47.9 Å². The van der Waals surface area contributed by atoms with E-state index in [1.54, 1.807) is 17.1 Å². The lowest BCUT2D eigenvalue weighted by Gasteiger charge is -2.42. The van der Waals surface area contributed by atoms with Crippen LogP contribution in [0, 0.1) is 0 Å². The van der Waals surface area contributed by atoms with Crippen LogP contribution in [0.1, 0.15) is 47.0 Å². The second-order valence-corrected chi connectivity index (χ2v) is 8.02. The van der Waals surface area contributed by atoms with Gasteiger partial charge in [-0.3, -0.25) is 0 Å². The lowest BCUT2D eigenvalue weighted by molar-refractivity contribution is 0.0106. The summed E-state index contributed by atoms with van der Waals surface area (Å²) in [5, 5.41) is 2.94. The largest absolute Gasteiger partial charge is 0.445 e. The number of hydrogen-bond donors (Lipinski definition) is 1. The fourth-order valence-corrected chi connectivity index (χ4v) is 2.97. The van der Waals surface area contributed by atoms with Gasteiger partial charge in [0.2, 0.25) is 0 Å². The van der Waals surface area contributed by atoms with E-state index in [2.05, 4.69) is 18.5 Å². The van der Waals surface area contributed by atoms with E-state index >= 15 is 0 Å². The van der Waals surface area contributed by atoms with Gasteiger partial charge in [0.1, 0.15) is 12.2 Å². The SMILES string of the molecule is C=CCC1(NC(=O)OCC(=C)/C=C\C=C/C)CCCN(C(=O)OC(C)(C)C)C1. The number of piperidine rings is 1. The summed E-state index contributed by atoms with van der Waals surface area (Å²) in [5.41, 5.74) is -0.496. The first kappa shape index (κ1) is 23.5. The van der Waals surface area contributed by atoms with Gasteiger partial charge in [-0.2, -0.15) is 0 Å². The number of ether oxygens (including phenoxy) is 2. The van der Waals surface area contributed by atoms with Crippen molar-refractivity contribution in [1.82, 2.24) is 10.2 Å². The summed E-state index contributed by atoms with van der Waals surface area (Å²) in [6.45, 7) is 16.1. The monoisotopic (exact) mass is 390 g/mol. The van der Waals surface area contributed by atoms with Crippen molar-refractivity contribution in [3.05, 3.63) is 49.1 Å². The number of carbonyl (C=O) groups is 2. The molecule has 1 saturated heterocycles. The Morgan fingerprint density at radius 2 is 2.00 bits per heavy atom. The summed E-state index contributed by atoms with van der Waals surface area (Å²) in [6, 6.07) is 0. The van der Waals surface area contributed by atoms with E-state index in [4.69, 9.17) is 9.47 Å². The summed E-state index contributed by atoms with van der Waals surface area (Å²) in [6.07, 6.45) is 10.3. The van der Waals surface area contributed by atoms with Gasteiger partial charge in [-0.25, -0.2) is 9.59 Å². The number of rotatable bonds is 7. The van der Waals surface area contributed by atoms with Gasteiger partial charge in [0, 0.05) is 13.1 Å². The fraction of sp³-hybridized carbons (Fsp3) is 0.545. The van der Waals surface area contributed by atoms with Crippen molar-refractivity contribution in [1.29, 1.82) is 0 Å². The number of alkyl carbamates (subject to hydrolysis) is 1. The van der Waals surface area contributed by atoms with E-state index in [1.165, 1.54) is 0 Å². The Bertz CT molecular complexity index is 631. The highest BCUT2D eigenvalue weighted by Gasteiger charge is 2.39. The molecule has 0 aromatic carbocycles. The van der Waals surface area contributed by atoms with Crippen LogP contribution in [0.3, 0.4) is 0 Å². The molecular weight excluding hydrogens is 356 g/mol. The first-order valence-electron chi connectivity index (χ1n) is 9.62. The molecule has 6 heteroatoms. The number of nitrogens with zero attached hydrogens (tertiary/aromatic N) is 1. The Morgan fingerprint density at radius 3 is 2.61 bits per heavy atom. The van der Waals surface area contributed by atoms with Crippen molar-refractivity contribution < 1.29 is 19.1 Å². The maximum absolute atomic E-state index is 12.4. The van der Waals surface area contributed by atoms with Crippen LogP contribution in [0.5, 0.6) is 0 Å². The number of hydrogen-bond acceptors (Lipinski definition) is 4. The molecule has 0 aromatic rings. The molecule has 0 aromatic heterocycles. The molecule has 156 valence electrons. The first-order valence-corrected chi connectivity index (χ1v) is 9.62. The van der Waals surface area contributed by atoms with E-state index < -0.39 is 17.2 Å². The molecule has 0 aliphatic carbocycles. The predicted molar refractivity (Wildman–Crippen MR) is 112 cm³/mol. The number of carbonyl (C=O) groups excluding carboxylic acids is 2. The molecule has 28 heavy (non-hydrogen) atoms. The minimum atomic E-state index is -0.615. The van der Waals surface area contributed by atoms with Crippen LogP contribution in [0.2, 0.25) is 0 Å². The highest BCUT2D eigenvalue weighted by molar-refractivity contribution is 5.70. The van der Waals surface area contributed by atoms with Gasteiger partial charge in [0.05, 0.1) is 5.54 Å². The summed E-state index contributed by atoms with van der Waals surface area (Å²) in [7, 11) is 0. The van der Waals surface area contributed by atoms with Gasteiger partial charge in [-0.1, -0.05) is 37.0 Å². The Morgan fingerprint density at radius 1 is 1.29 bits per heavy atom. The molecule has 0 radical (unpaired) electrons. The third-order valence-corrected chi connectivity index (χ3v) is 4.16. The van der Waals surface area contributed by atoms with Crippen molar-refractivity contribution in [2.75, 3.05) is 19.7 Å². The third-order valence-electron chi connectivity index (χ3n) is 4.16. The van der Waals surface area contributed by atoms with Gasteiger partial charge in [-0.15, -0.1) is 6.58 Å². The zero-order valence-corrected chi connectivity index (χ0v) is 17.6. The van der Waals surface area contributed by atoms with E-state index in [9.17, 15) is 9.59 Å². The van der Waals surface area contributed by atoms with E-state index in [0.29, 0.717) is 25.1 Å². The summed E-state index contributed by atoms with van der Waals surface area (Å²) >= 11 is 0. The van der Waals surface area contributed by atoms with Crippen LogP contribution >= 0.6 is 0 Å². The second kappa shape index (κ2) is 10.7. The maximum Gasteiger partial charge on any atom is 0.410 e. The van der Waals surface area contributed by atoms with Crippen molar-refractivity contribution in [3.63, 3.8) is 0 Å². The van der Waals surface area contributed by atoms with Gasteiger partial charge in [0.15, 0.2) is 0 Å². The fourth-order valence-electron chi connectivity index (χ4n) is 2.97. The molecule has 0 bridgehead atoms. The van der Waals surface area contributed by atoms with E-state index in [0.717, 1.165) is 12.8 Å².